The lowest BCUT2D eigenvalue weighted by atomic mass is 10.2. The van der Waals surface area contributed by atoms with E-state index in [0.717, 1.165) is 21.5 Å². The summed E-state index contributed by atoms with van der Waals surface area (Å²) < 4.78 is 0.759. The number of nitrogens with zero attached hydrogens (tertiary/aromatic N) is 1. The Morgan fingerprint density at radius 3 is 2.70 bits per heavy atom. The molecule has 0 unspecified atom stereocenters. The molecule has 1 amide bonds. The zero-order valence-corrected chi connectivity index (χ0v) is 13.7. The van der Waals surface area contributed by atoms with Crippen LogP contribution in [0.1, 0.15) is 34.0 Å². The zero-order valence-electron chi connectivity index (χ0n) is 11.3. The zero-order chi connectivity index (χ0) is 14.5. The molecule has 0 atom stereocenters. The average molecular weight is 351 g/mol. The molecule has 20 heavy (non-hydrogen) atoms. The van der Waals surface area contributed by atoms with Gasteiger partial charge in [-0.1, -0.05) is 19.1 Å². The van der Waals surface area contributed by atoms with Gasteiger partial charge in [0.05, 0.1) is 16.2 Å². The second-order valence-corrected chi connectivity index (χ2v) is 6.26. The minimum Gasteiger partial charge on any atom is -0.267 e. The van der Waals surface area contributed by atoms with Gasteiger partial charge in [0.2, 0.25) is 0 Å². The fourth-order valence-corrected chi connectivity index (χ4v) is 3.01. The Hall–Kier alpha value is -1.46. The van der Waals surface area contributed by atoms with E-state index in [0.29, 0.717) is 5.56 Å². The maximum absolute atomic E-state index is 12.0. The second kappa shape index (κ2) is 6.81. The number of hydrazone groups is 1. The smallest absolute Gasteiger partial charge is 0.267 e. The van der Waals surface area contributed by atoms with Crippen LogP contribution < -0.4 is 5.43 Å². The first-order valence-corrected chi connectivity index (χ1v) is 7.91. The third kappa shape index (κ3) is 3.55. The van der Waals surface area contributed by atoms with Crippen LogP contribution in [0, 0.1) is 0 Å². The molecule has 104 valence electrons. The van der Waals surface area contributed by atoms with Crippen molar-refractivity contribution in [3.05, 3.63) is 56.2 Å². The Morgan fingerprint density at radius 2 is 2.05 bits per heavy atom. The summed E-state index contributed by atoms with van der Waals surface area (Å²) in [5.74, 6) is -0.218. The standard InChI is InChI=1S/C15H15BrN2OS/c1-3-11-8-9-14(20-11)10(2)17-18-15(19)12-6-4-5-7-13(12)16/h4-9H,3H2,1-2H3,(H,18,19)/b17-10-. The van der Waals surface area contributed by atoms with Crippen LogP contribution in [0.5, 0.6) is 0 Å². The molecule has 0 saturated carbocycles. The molecule has 1 heterocycles. The van der Waals surface area contributed by atoms with E-state index < -0.39 is 0 Å². The van der Waals surface area contributed by atoms with E-state index in [4.69, 9.17) is 0 Å². The predicted molar refractivity (Wildman–Crippen MR) is 87.5 cm³/mol. The number of amides is 1. The summed E-state index contributed by atoms with van der Waals surface area (Å²) in [6, 6.07) is 11.4. The summed E-state index contributed by atoms with van der Waals surface area (Å²) in [7, 11) is 0. The fraction of sp³-hybridized carbons (Fsp3) is 0.200. The van der Waals surface area contributed by atoms with E-state index in [-0.39, 0.29) is 5.91 Å². The molecule has 2 aromatic rings. The highest BCUT2D eigenvalue weighted by atomic mass is 79.9. The van der Waals surface area contributed by atoms with Crippen molar-refractivity contribution in [3.8, 4) is 0 Å². The summed E-state index contributed by atoms with van der Waals surface area (Å²) in [5, 5.41) is 4.17. The minimum absolute atomic E-state index is 0.218. The van der Waals surface area contributed by atoms with Crippen molar-refractivity contribution in [2.24, 2.45) is 5.10 Å². The van der Waals surface area contributed by atoms with Crippen LogP contribution in [0.3, 0.4) is 0 Å². The molecule has 0 radical (unpaired) electrons. The molecule has 2 rings (SSSR count). The topological polar surface area (TPSA) is 41.5 Å². The number of nitrogens with one attached hydrogen (secondary N) is 1. The van der Waals surface area contributed by atoms with Gasteiger partial charge in [-0.25, -0.2) is 5.43 Å². The first kappa shape index (κ1) is 14.9. The van der Waals surface area contributed by atoms with Crippen LogP contribution >= 0.6 is 27.3 Å². The maximum Gasteiger partial charge on any atom is 0.272 e. The molecule has 0 fully saturated rings. The van der Waals surface area contributed by atoms with Crippen LogP contribution in [-0.2, 0) is 6.42 Å². The van der Waals surface area contributed by atoms with Gasteiger partial charge in [-0.05, 0) is 53.5 Å². The van der Waals surface area contributed by atoms with E-state index in [2.05, 4.69) is 39.4 Å². The monoisotopic (exact) mass is 350 g/mol. The van der Waals surface area contributed by atoms with Gasteiger partial charge in [-0.3, -0.25) is 4.79 Å². The van der Waals surface area contributed by atoms with Gasteiger partial charge < -0.3 is 0 Å². The molecule has 1 aromatic carbocycles. The Labute approximate surface area is 130 Å². The number of rotatable bonds is 4. The molecular weight excluding hydrogens is 336 g/mol. The Bertz CT molecular complexity index is 649. The van der Waals surface area contributed by atoms with Crippen molar-refractivity contribution >= 4 is 38.9 Å². The Kier molecular flexibility index (Phi) is 5.09. The number of hydrogen-bond donors (Lipinski definition) is 1. The van der Waals surface area contributed by atoms with Crippen molar-refractivity contribution in [1.29, 1.82) is 0 Å². The largest absolute Gasteiger partial charge is 0.272 e. The van der Waals surface area contributed by atoms with E-state index in [1.807, 2.05) is 31.2 Å². The molecule has 5 heteroatoms. The van der Waals surface area contributed by atoms with Crippen LogP contribution in [0.2, 0.25) is 0 Å². The van der Waals surface area contributed by atoms with Crippen LogP contribution in [0.4, 0.5) is 0 Å². The number of carbonyl (C=O) groups excluding carboxylic acids is 1. The van der Waals surface area contributed by atoms with Gasteiger partial charge >= 0.3 is 0 Å². The van der Waals surface area contributed by atoms with Crippen molar-refractivity contribution in [3.63, 3.8) is 0 Å². The third-order valence-electron chi connectivity index (χ3n) is 2.81. The van der Waals surface area contributed by atoms with E-state index in [1.165, 1.54) is 4.88 Å². The summed E-state index contributed by atoms with van der Waals surface area (Å²) in [6.45, 7) is 4.02. The summed E-state index contributed by atoms with van der Waals surface area (Å²) in [5.41, 5.74) is 3.98. The number of benzene rings is 1. The average Bonchev–Trinajstić information content (AvgIpc) is 2.94. The first-order valence-electron chi connectivity index (χ1n) is 6.30. The van der Waals surface area contributed by atoms with Crippen LogP contribution in [-0.4, -0.2) is 11.6 Å². The lowest BCUT2D eigenvalue weighted by Crippen LogP contribution is -2.19. The van der Waals surface area contributed by atoms with Gasteiger partial charge in [-0.2, -0.15) is 5.10 Å². The molecule has 3 nitrogen and oxygen atoms in total. The highest BCUT2D eigenvalue weighted by Gasteiger charge is 2.08. The predicted octanol–water partition coefficient (Wildman–Crippen LogP) is 4.23. The molecular formula is C15H15BrN2OS. The second-order valence-electron chi connectivity index (χ2n) is 4.24. The fourth-order valence-electron chi connectivity index (χ4n) is 1.66. The van der Waals surface area contributed by atoms with Crippen molar-refractivity contribution in [2.75, 3.05) is 0 Å². The normalized spacial score (nSPS) is 11.4. The number of hydrogen-bond acceptors (Lipinski definition) is 3. The minimum atomic E-state index is -0.218. The Balaban J connectivity index is 2.09. The van der Waals surface area contributed by atoms with Crippen molar-refractivity contribution in [2.45, 2.75) is 20.3 Å². The molecule has 0 saturated heterocycles. The maximum atomic E-state index is 12.0. The van der Waals surface area contributed by atoms with E-state index in [1.54, 1.807) is 17.4 Å². The highest BCUT2D eigenvalue weighted by molar-refractivity contribution is 9.10. The summed E-state index contributed by atoms with van der Waals surface area (Å²) in [4.78, 5) is 14.4. The number of halogens is 1. The molecule has 0 aliphatic heterocycles. The molecule has 0 spiro atoms. The summed E-state index contributed by atoms with van der Waals surface area (Å²) >= 11 is 5.05. The lowest BCUT2D eigenvalue weighted by Gasteiger charge is -2.03. The van der Waals surface area contributed by atoms with Gasteiger partial charge in [-0.15, -0.1) is 11.3 Å². The quantitative estimate of drug-likeness (QED) is 0.650. The molecule has 0 aliphatic carbocycles. The Morgan fingerprint density at radius 1 is 1.30 bits per heavy atom. The molecule has 0 aliphatic rings. The third-order valence-corrected chi connectivity index (χ3v) is 4.84. The van der Waals surface area contributed by atoms with Crippen molar-refractivity contribution < 1.29 is 4.79 Å². The van der Waals surface area contributed by atoms with Crippen molar-refractivity contribution in [1.82, 2.24) is 5.43 Å². The van der Waals surface area contributed by atoms with Crippen LogP contribution in [0.25, 0.3) is 0 Å². The number of aryl methyl sites for hydroxylation is 1. The molecule has 1 aromatic heterocycles. The SMILES string of the molecule is CCc1ccc(/C(C)=N\NC(=O)c2ccccc2Br)s1. The highest BCUT2D eigenvalue weighted by Crippen LogP contribution is 2.18. The van der Waals surface area contributed by atoms with Gasteiger partial charge in [0, 0.05) is 9.35 Å². The lowest BCUT2D eigenvalue weighted by molar-refractivity contribution is 0.0954. The summed E-state index contributed by atoms with van der Waals surface area (Å²) in [6.07, 6.45) is 1.02. The van der Waals surface area contributed by atoms with Crippen LogP contribution in [0.15, 0.2) is 46.0 Å². The van der Waals surface area contributed by atoms with E-state index >= 15 is 0 Å². The number of carbonyl (C=O) groups is 1. The van der Waals surface area contributed by atoms with Gasteiger partial charge in [0.25, 0.3) is 5.91 Å². The van der Waals surface area contributed by atoms with Gasteiger partial charge in [0.15, 0.2) is 0 Å². The molecule has 0 bridgehead atoms. The first-order chi connectivity index (χ1) is 9.61. The van der Waals surface area contributed by atoms with E-state index in [9.17, 15) is 4.79 Å². The van der Waals surface area contributed by atoms with Gasteiger partial charge in [0.1, 0.15) is 0 Å². The molecule has 1 N–H and O–H groups in total. The number of thiophene rings is 1.